The summed E-state index contributed by atoms with van der Waals surface area (Å²) in [4.78, 5) is 12.1. The van der Waals surface area contributed by atoms with Crippen molar-refractivity contribution in [2.75, 3.05) is 12.3 Å². The Morgan fingerprint density at radius 1 is 0.929 bits per heavy atom. The van der Waals surface area contributed by atoms with Gasteiger partial charge in [0.2, 0.25) is 11.1 Å². The molecule has 0 atom stereocenters. The zero-order chi connectivity index (χ0) is 19.2. The summed E-state index contributed by atoms with van der Waals surface area (Å²) in [5.74, 6) is 0.240. The maximum Gasteiger partial charge on any atom is 0.230 e. The van der Waals surface area contributed by atoms with E-state index < -0.39 is 0 Å². The number of nitrogens with one attached hydrogen (secondary N) is 1. The third-order valence-electron chi connectivity index (χ3n) is 4.21. The van der Waals surface area contributed by atoms with Gasteiger partial charge in [-0.15, -0.1) is 10.2 Å². The van der Waals surface area contributed by atoms with E-state index in [-0.39, 0.29) is 11.7 Å². The molecule has 0 bridgehead atoms. The van der Waals surface area contributed by atoms with E-state index in [4.69, 9.17) is 0 Å². The molecule has 0 radical (unpaired) electrons. The Morgan fingerprint density at radius 3 is 2.46 bits per heavy atom. The number of hydrogen-bond acceptors (Lipinski definition) is 5. The van der Waals surface area contributed by atoms with E-state index in [0.29, 0.717) is 17.3 Å². The fraction of sp³-hybridized carbons (Fsp3) is 0.143. The van der Waals surface area contributed by atoms with Gasteiger partial charge in [-0.1, -0.05) is 72.4 Å². The molecule has 2 heterocycles. The highest BCUT2D eigenvalue weighted by Crippen LogP contribution is 2.20. The first-order chi connectivity index (χ1) is 13.8. The van der Waals surface area contributed by atoms with Gasteiger partial charge < -0.3 is 5.32 Å². The Bertz CT molecular complexity index is 1070. The molecule has 0 unspecified atom stereocenters. The lowest BCUT2D eigenvalue weighted by atomic mass is 10.1. The minimum atomic E-state index is -0.0307. The molecular formula is C21H19N5OS. The van der Waals surface area contributed by atoms with Crippen LogP contribution in [0.25, 0.3) is 16.9 Å². The average molecular weight is 389 g/mol. The molecule has 0 aliphatic rings. The van der Waals surface area contributed by atoms with Crippen molar-refractivity contribution in [2.45, 2.75) is 11.6 Å². The fourth-order valence-electron chi connectivity index (χ4n) is 2.79. The van der Waals surface area contributed by atoms with Gasteiger partial charge in [0.05, 0.1) is 11.4 Å². The zero-order valence-electron chi connectivity index (χ0n) is 15.2. The van der Waals surface area contributed by atoms with E-state index >= 15 is 0 Å². The molecule has 4 rings (SSSR count). The van der Waals surface area contributed by atoms with E-state index in [9.17, 15) is 4.79 Å². The van der Waals surface area contributed by atoms with Crippen LogP contribution in [0.4, 0.5) is 0 Å². The van der Waals surface area contributed by atoms with Gasteiger partial charge in [-0.2, -0.15) is 9.61 Å². The second kappa shape index (κ2) is 8.67. The van der Waals surface area contributed by atoms with Crippen LogP contribution in [-0.2, 0) is 11.2 Å². The molecule has 1 amide bonds. The van der Waals surface area contributed by atoms with E-state index in [1.165, 1.54) is 17.3 Å². The van der Waals surface area contributed by atoms with Crippen LogP contribution in [0.1, 0.15) is 5.56 Å². The number of benzene rings is 2. The number of rotatable bonds is 7. The summed E-state index contributed by atoms with van der Waals surface area (Å²) >= 11 is 1.33. The maximum absolute atomic E-state index is 12.1. The predicted molar refractivity (Wildman–Crippen MR) is 110 cm³/mol. The van der Waals surface area contributed by atoms with Gasteiger partial charge in [0.15, 0.2) is 5.65 Å². The summed E-state index contributed by atoms with van der Waals surface area (Å²) in [5.41, 5.74) is 3.72. The molecule has 6 nitrogen and oxygen atoms in total. The van der Waals surface area contributed by atoms with Crippen molar-refractivity contribution in [3.05, 3.63) is 78.4 Å². The van der Waals surface area contributed by atoms with Gasteiger partial charge in [0.25, 0.3) is 0 Å². The van der Waals surface area contributed by atoms with Crippen LogP contribution >= 0.6 is 11.8 Å². The summed E-state index contributed by atoms with van der Waals surface area (Å²) in [6.07, 6.45) is 0.813. The largest absolute Gasteiger partial charge is 0.355 e. The van der Waals surface area contributed by atoms with Gasteiger partial charge in [0.1, 0.15) is 0 Å². The topological polar surface area (TPSA) is 72.2 Å². The van der Waals surface area contributed by atoms with E-state index in [1.54, 1.807) is 4.52 Å². The lowest BCUT2D eigenvalue weighted by molar-refractivity contribution is -0.118. The fourth-order valence-corrected chi connectivity index (χ4v) is 3.51. The number of carbonyl (C=O) groups is 1. The molecule has 0 fully saturated rings. The molecule has 28 heavy (non-hydrogen) atoms. The zero-order valence-corrected chi connectivity index (χ0v) is 16.0. The van der Waals surface area contributed by atoms with Crippen molar-refractivity contribution in [3.8, 4) is 11.3 Å². The molecule has 2 aromatic carbocycles. The SMILES string of the molecule is O=C(CSc1nnc2ccc(-c3ccccc3)nn12)NCCc1ccccc1. The van der Waals surface area contributed by atoms with Crippen molar-refractivity contribution >= 4 is 23.3 Å². The maximum atomic E-state index is 12.1. The van der Waals surface area contributed by atoms with Crippen molar-refractivity contribution in [1.82, 2.24) is 25.1 Å². The molecule has 7 heteroatoms. The minimum absolute atomic E-state index is 0.0307. The van der Waals surface area contributed by atoms with Gasteiger partial charge in [-0.3, -0.25) is 4.79 Å². The van der Waals surface area contributed by atoms with Crippen LogP contribution in [-0.4, -0.2) is 38.0 Å². The summed E-state index contributed by atoms with van der Waals surface area (Å²) in [5, 5.41) is 16.5. The molecule has 0 aliphatic carbocycles. The summed E-state index contributed by atoms with van der Waals surface area (Å²) in [7, 11) is 0. The second-order valence-electron chi connectivity index (χ2n) is 6.21. The van der Waals surface area contributed by atoms with Crippen molar-refractivity contribution in [2.24, 2.45) is 0 Å². The minimum Gasteiger partial charge on any atom is -0.355 e. The van der Waals surface area contributed by atoms with Crippen LogP contribution in [0.2, 0.25) is 0 Å². The number of fused-ring (bicyclic) bond motifs is 1. The number of nitrogens with zero attached hydrogens (tertiary/aromatic N) is 4. The molecule has 4 aromatic rings. The Kier molecular flexibility index (Phi) is 5.63. The monoisotopic (exact) mass is 389 g/mol. The molecule has 140 valence electrons. The van der Waals surface area contributed by atoms with Gasteiger partial charge in [-0.05, 0) is 24.1 Å². The molecule has 1 N–H and O–H groups in total. The Balaban J connectivity index is 1.37. The number of amides is 1. The predicted octanol–water partition coefficient (Wildman–Crippen LogP) is 3.24. The number of hydrogen-bond donors (Lipinski definition) is 1. The molecule has 0 saturated heterocycles. The number of carbonyl (C=O) groups excluding carboxylic acids is 1. The lowest BCUT2D eigenvalue weighted by Gasteiger charge is -2.05. The van der Waals surface area contributed by atoms with Crippen LogP contribution in [0.15, 0.2) is 78.0 Å². The molecule has 0 spiro atoms. The first-order valence-electron chi connectivity index (χ1n) is 9.01. The Labute approximate surface area is 167 Å². The summed E-state index contributed by atoms with van der Waals surface area (Å²) in [6.45, 7) is 0.612. The highest BCUT2D eigenvalue weighted by Gasteiger charge is 2.11. The number of thioether (sulfide) groups is 1. The van der Waals surface area contributed by atoms with Crippen molar-refractivity contribution < 1.29 is 4.79 Å². The summed E-state index contributed by atoms with van der Waals surface area (Å²) in [6, 6.07) is 23.8. The highest BCUT2D eigenvalue weighted by atomic mass is 32.2. The number of aromatic nitrogens is 4. The standard InChI is InChI=1S/C21H19N5OS/c27-20(22-14-13-16-7-3-1-4-8-16)15-28-21-24-23-19-12-11-18(25-26(19)21)17-9-5-2-6-10-17/h1-12H,13-15H2,(H,22,27). The first kappa shape index (κ1) is 18.2. The molecule has 0 saturated carbocycles. The normalized spacial score (nSPS) is 10.9. The molecule has 0 aliphatic heterocycles. The second-order valence-corrected chi connectivity index (χ2v) is 7.15. The van der Waals surface area contributed by atoms with E-state index in [2.05, 4.69) is 32.7 Å². The van der Waals surface area contributed by atoms with Crippen LogP contribution in [0.3, 0.4) is 0 Å². The quantitative estimate of drug-likeness (QED) is 0.491. The molecular weight excluding hydrogens is 370 g/mol. The lowest BCUT2D eigenvalue weighted by Crippen LogP contribution is -2.27. The molecule has 2 aromatic heterocycles. The van der Waals surface area contributed by atoms with Crippen molar-refractivity contribution in [3.63, 3.8) is 0 Å². The van der Waals surface area contributed by atoms with Crippen molar-refractivity contribution in [1.29, 1.82) is 0 Å². The smallest absolute Gasteiger partial charge is 0.230 e. The third-order valence-corrected chi connectivity index (χ3v) is 5.13. The van der Waals surface area contributed by atoms with Gasteiger partial charge in [0, 0.05) is 12.1 Å². The average Bonchev–Trinajstić information content (AvgIpc) is 3.16. The van der Waals surface area contributed by atoms with Gasteiger partial charge >= 0.3 is 0 Å². The Hall–Kier alpha value is -3.19. The first-order valence-corrected chi connectivity index (χ1v) is 9.99. The van der Waals surface area contributed by atoms with E-state index in [0.717, 1.165) is 17.7 Å². The van der Waals surface area contributed by atoms with Crippen LogP contribution in [0.5, 0.6) is 0 Å². The van der Waals surface area contributed by atoms with E-state index in [1.807, 2.05) is 60.7 Å². The van der Waals surface area contributed by atoms with Gasteiger partial charge in [-0.25, -0.2) is 0 Å². The highest BCUT2D eigenvalue weighted by molar-refractivity contribution is 7.99. The van der Waals surface area contributed by atoms with Crippen LogP contribution < -0.4 is 5.32 Å². The Morgan fingerprint density at radius 2 is 1.68 bits per heavy atom. The third kappa shape index (κ3) is 4.37. The van der Waals surface area contributed by atoms with Crippen LogP contribution in [0, 0.1) is 0 Å². The summed E-state index contributed by atoms with van der Waals surface area (Å²) < 4.78 is 1.68.